The van der Waals surface area contributed by atoms with Crippen LogP contribution in [-0.2, 0) is 19.5 Å². The van der Waals surface area contributed by atoms with Gasteiger partial charge in [-0.05, 0) is 138 Å². The third-order valence-electron chi connectivity index (χ3n) is 15.4. The normalized spacial score (nSPS) is 19.8. The third kappa shape index (κ3) is 11.8. The van der Waals surface area contributed by atoms with Gasteiger partial charge in [-0.25, -0.2) is 52.4 Å². The van der Waals surface area contributed by atoms with E-state index >= 15 is 0 Å². The molecule has 15 nitrogen and oxygen atoms in total. The highest BCUT2D eigenvalue weighted by Crippen LogP contribution is 2.35. The summed E-state index contributed by atoms with van der Waals surface area (Å²) in [5.74, 6) is 3.50. The maximum atomic E-state index is 15.0. The number of hydrogen-bond donors (Lipinski definition) is 1. The molecule has 77 heavy (non-hydrogen) atoms. The number of rotatable bonds is 10. The predicted octanol–water partition coefficient (Wildman–Crippen LogP) is 9.61. The lowest BCUT2D eigenvalue weighted by Crippen LogP contribution is -2.26. The van der Waals surface area contributed by atoms with E-state index in [4.69, 9.17) is 17.3 Å². The molecule has 0 amide bonds. The monoisotopic (exact) mass is 1070 g/mol. The lowest BCUT2D eigenvalue weighted by atomic mass is 10.0. The van der Waals surface area contributed by atoms with E-state index in [1.54, 1.807) is 18.2 Å². The largest absolute Gasteiger partial charge is 0.384 e. The number of halogens is 5. The lowest BCUT2D eigenvalue weighted by molar-refractivity contribution is 0.271. The standard InChI is InChI=1S/C29H33F2N7.C16H16F2N4.C12H17ClN4/c1-17(2)38-18(3)35-29-25(30)5-20(6-27(29)38)24-7-23(32-11-26(24)31)8-28-33-9-19(10-34-28)12-37-15-21-13-36(4)14-22(21)16-37;1-8(2)22-9(3)21-16-12(17)4-10(5-14(16)22)11-6-15(19)20-7-13(11)18;1-16-5-10-7-17(8-11(10)6-16)4-9-2-14-12(13)15-3-9/h5-7,9-11,17,21-22H,8,12-16H2,1-4H3;4-8H,1-3H3,(H2,19,20);2-3,10-11H,4-8H2,1H3/t21-,22+;;10-,11+. The minimum atomic E-state index is -0.541. The van der Waals surface area contributed by atoms with Crippen molar-refractivity contribution in [2.75, 3.05) is 72.2 Å². The van der Waals surface area contributed by atoms with Crippen molar-refractivity contribution >= 4 is 39.5 Å². The van der Waals surface area contributed by atoms with Crippen LogP contribution in [0.5, 0.6) is 0 Å². The van der Waals surface area contributed by atoms with Crippen LogP contribution in [0.2, 0.25) is 5.28 Å². The first kappa shape index (κ1) is 53.9. The molecule has 20 heteroatoms. The number of nitrogens with zero attached hydrogens (tertiary/aromatic N) is 14. The molecule has 0 spiro atoms. The number of aromatic nitrogens is 10. The zero-order chi connectivity index (χ0) is 54.4. The van der Waals surface area contributed by atoms with E-state index < -0.39 is 23.3 Å². The zero-order valence-corrected chi connectivity index (χ0v) is 45.7. The summed E-state index contributed by atoms with van der Waals surface area (Å²) in [4.78, 5) is 43.6. The SMILES string of the molecule is CN1C[C@@H]2CN(Cc3cnc(Cl)nc3)C[C@@H]2C1.Cc1nc2c(F)cc(-c3cc(Cc4ncc(CN5C[C@H]6CN(C)C[C@H]6C5)cn4)ncc3F)cc2n1C(C)C.Cc1nc2c(F)cc(-c3cc(N)ncc3F)cc2n1C(C)C. The van der Waals surface area contributed by atoms with Gasteiger partial charge in [-0.1, -0.05) is 0 Å². The van der Waals surface area contributed by atoms with E-state index in [0.29, 0.717) is 56.5 Å². The van der Waals surface area contributed by atoms with Crippen molar-refractivity contribution in [1.82, 2.24) is 68.6 Å². The van der Waals surface area contributed by atoms with Crippen LogP contribution < -0.4 is 5.73 Å². The van der Waals surface area contributed by atoms with Crippen molar-refractivity contribution < 1.29 is 17.6 Å². The highest BCUT2D eigenvalue weighted by Gasteiger charge is 2.39. The number of aryl methyl sites for hydroxylation is 2. The Morgan fingerprint density at radius 2 is 0.948 bits per heavy atom. The first-order chi connectivity index (χ1) is 36.8. The highest BCUT2D eigenvalue weighted by atomic mass is 35.5. The van der Waals surface area contributed by atoms with Gasteiger partial charge in [-0.3, -0.25) is 14.8 Å². The van der Waals surface area contributed by atoms with Crippen LogP contribution in [0.3, 0.4) is 0 Å². The number of likely N-dealkylation sites (tertiary alicyclic amines) is 4. The average molecular weight is 1070 g/mol. The molecule has 404 valence electrons. The maximum Gasteiger partial charge on any atom is 0.222 e. The summed E-state index contributed by atoms with van der Waals surface area (Å²) in [5, 5.41) is 0.327. The Hall–Kier alpha value is -6.51. The van der Waals surface area contributed by atoms with Crippen LogP contribution >= 0.6 is 11.6 Å². The summed E-state index contributed by atoms with van der Waals surface area (Å²) in [5.41, 5.74) is 11.7. The molecule has 10 heterocycles. The van der Waals surface area contributed by atoms with Crippen molar-refractivity contribution in [3.8, 4) is 22.3 Å². The van der Waals surface area contributed by atoms with Gasteiger partial charge in [0.25, 0.3) is 0 Å². The molecule has 4 atom stereocenters. The number of imidazole rings is 2. The van der Waals surface area contributed by atoms with E-state index in [1.807, 2.05) is 75.5 Å². The van der Waals surface area contributed by atoms with Gasteiger partial charge in [0.2, 0.25) is 5.28 Å². The van der Waals surface area contributed by atoms with E-state index in [2.05, 4.69) is 73.6 Å². The van der Waals surface area contributed by atoms with E-state index in [9.17, 15) is 17.6 Å². The second kappa shape index (κ2) is 22.5. The number of nitrogen functional groups attached to an aromatic ring is 1. The molecule has 2 N–H and O–H groups in total. The van der Waals surface area contributed by atoms with Gasteiger partial charge in [-0.15, -0.1) is 0 Å². The number of pyridine rings is 2. The smallest absolute Gasteiger partial charge is 0.222 e. The van der Waals surface area contributed by atoms with Crippen LogP contribution in [-0.4, -0.2) is 135 Å². The summed E-state index contributed by atoms with van der Waals surface area (Å²) in [6.07, 6.45) is 10.0. The fourth-order valence-corrected chi connectivity index (χ4v) is 12.3. The summed E-state index contributed by atoms with van der Waals surface area (Å²) in [6, 6.07) is 9.43. The van der Waals surface area contributed by atoms with Crippen molar-refractivity contribution in [2.45, 2.75) is 73.1 Å². The number of nitrogens with two attached hydrogens (primary N) is 1. The minimum Gasteiger partial charge on any atom is -0.384 e. The van der Waals surface area contributed by atoms with Crippen LogP contribution in [0.4, 0.5) is 23.4 Å². The van der Waals surface area contributed by atoms with Gasteiger partial charge < -0.3 is 24.7 Å². The molecule has 2 aromatic carbocycles. The highest BCUT2D eigenvalue weighted by molar-refractivity contribution is 6.28. The maximum absolute atomic E-state index is 15.0. The van der Waals surface area contributed by atoms with Crippen molar-refractivity contribution in [3.63, 3.8) is 0 Å². The quantitative estimate of drug-likeness (QED) is 0.102. The van der Waals surface area contributed by atoms with Crippen molar-refractivity contribution in [1.29, 1.82) is 0 Å². The lowest BCUT2D eigenvalue weighted by Gasteiger charge is -2.18. The first-order valence-corrected chi connectivity index (χ1v) is 26.7. The van der Waals surface area contributed by atoms with Crippen LogP contribution in [0.15, 0.2) is 73.6 Å². The molecule has 4 saturated heterocycles. The molecule has 8 aromatic rings. The number of fused-ring (bicyclic) bond motifs is 4. The van der Waals surface area contributed by atoms with Gasteiger partial charge in [-0.2, -0.15) is 0 Å². The fourth-order valence-electron chi connectivity index (χ4n) is 12.2. The molecule has 4 aliphatic heterocycles. The van der Waals surface area contributed by atoms with Gasteiger partial charge >= 0.3 is 0 Å². The Morgan fingerprint density at radius 3 is 1.39 bits per heavy atom. The Morgan fingerprint density at radius 1 is 0.532 bits per heavy atom. The predicted molar refractivity (Wildman–Crippen MR) is 292 cm³/mol. The summed E-state index contributed by atoms with van der Waals surface area (Å²) in [7, 11) is 4.42. The van der Waals surface area contributed by atoms with Crippen molar-refractivity contribution in [2.24, 2.45) is 23.7 Å². The van der Waals surface area contributed by atoms with Gasteiger partial charge in [0.05, 0.1) is 29.8 Å². The molecule has 4 fully saturated rings. The van der Waals surface area contributed by atoms with E-state index in [1.165, 1.54) is 63.7 Å². The Kier molecular flexibility index (Phi) is 15.7. The summed E-state index contributed by atoms with van der Waals surface area (Å²) in [6.45, 7) is 23.0. The minimum absolute atomic E-state index is 0.0967. The van der Waals surface area contributed by atoms with Gasteiger partial charge in [0.1, 0.15) is 46.0 Å². The summed E-state index contributed by atoms with van der Waals surface area (Å²) < 4.78 is 62.1. The molecule has 0 radical (unpaired) electrons. The second-order valence-corrected chi connectivity index (χ2v) is 22.4. The molecule has 4 aliphatic rings. The second-order valence-electron chi connectivity index (χ2n) is 22.1. The van der Waals surface area contributed by atoms with Crippen LogP contribution in [0.25, 0.3) is 44.3 Å². The first-order valence-electron chi connectivity index (χ1n) is 26.3. The van der Waals surface area contributed by atoms with Gasteiger partial charge in [0, 0.05) is 130 Å². The number of anilines is 1. The Bertz CT molecular complexity index is 3370. The molecule has 6 aromatic heterocycles. The van der Waals surface area contributed by atoms with Gasteiger partial charge in [0.15, 0.2) is 11.6 Å². The molecule has 0 bridgehead atoms. The molecular weight excluding hydrogens is 1010 g/mol. The average Bonchev–Trinajstić information content (AvgIpc) is 4.25. The van der Waals surface area contributed by atoms with Crippen LogP contribution in [0.1, 0.15) is 74.1 Å². The molecule has 0 saturated carbocycles. The molecular formula is C57H66ClF4N15. The Labute approximate surface area is 451 Å². The molecule has 0 unspecified atom stereocenters. The number of hydrogen-bond acceptors (Lipinski definition) is 13. The van der Waals surface area contributed by atoms with E-state index in [0.717, 1.165) is 78.8 Å². The zero-order valence-electron chi connectivity index (χ0n) is 44.9. The third-order valence-corrected chi connectivity index (χ3v) is 15.6. The topological polar surface area (TPSA) is 152 Å². The van der Waals surface area contributed by atoms with E-state index in [-0.39, 0.29) is 29.0 Å². The molecule has 12 rings (SSSR count). The Balaban J connectivity index is 0.000000145. The molecule has 0 aliphatic carbocycles. The van der Waals surface area contributed by atoms with Crippen LogP contribution in [0, 0.1) is 60.8 Å². The van der Waals surface area contributed by atoms with Crippen molar-refractivity contribution in [3.05, 3.63) is 136 Å². The number of benzene rings is 2. The summed E-state index contributed by atoms with van der Waals surface area (Å²) >= 11 is 5.68. The fraction of sp³-hybridized carbons (Fsp3) is 0.439.